The normalized spacial score (nSPS) is 25.9. The van der Waals surface area contributed by atoms with E-state index in [1.807, 2.05) is 10.7 Å². The number of aromatic nitrogens is 5. The average Bonchev–Trinajstić information content (AvgIpc) is 3.05. The summed E-state index contributed by atoms with van der Waals surface area (Å²) in [4.78, 5) is 10.7. The highest BCUT2D eigenvalue weighted by atomic mass is 16.5. The summed E-state index contributed by atoms with van der Waals surface area (Å²) >= 11 is 0. The van der Waals surface area contributed by atoms with Crippen LogP contribution in [0.1, 0.15) is 11.7 Å². The Morgan fingerprint density at radius 3 is 3.00 bits per heavy atom. The SMILES string of the molecule is c1cnc(N2C[C@@H]3OCc4cnnn4[C@H]3C2)nc1. The van der Waals surface area contributed by atoms with Gasteiger partial charge in [0.25, 0.3) is 0 Å². The van der Waals surface area contributed by atoms with Crippen LogP contribution in [-0.4, -0.2) is 44.2 Å². The molecule has 7 heteroatoms. The van der Waals surface area contributed by atoms with Crippen LogP contribution < -0.4 is 4.90 Å². The van der Waals surface area contributed by atoms with E-state index in [4.69, 9.17) is 4.74 Å². The van der Waals surface area contributed by atoms with Crippen molar-refractivity contribution in [2.24, 2.45) is 0 Å². The first kappa shape index (κ1) is 9.95. The summed E-state index contributed by atoms with van der Waals surface area (Å²) in [7, 11) is 0. The quantitative estimate of drug-likeness (QED) is 0.705. The van der Waals surface area contributed by atoms with Crippen LogP contribution in [0.2, 0.25) is 0 Å². The summed E-state index contributed by atoms with van der Waals surface area (Å²) in [6.07, 6.45) is 5.42. The molecule has 2 aromatic rings. The van der Waals surface area contributed by atoms with Gasteiger partial charge in [-0.15, -0.1) is 5.10 Å². The lowest BCUT2D eigenvalue weighted by Gasteiger charge is -2.25. The summed E-state index contributed by atoms with van der Waals surface area (Å²) in [5.74, 6) is 0.747. The molecule has 2 aromatic heterocycles. The van der Waals surface area contributed by atoms with Crippen molar-refractivity contribution in [3.63, 3.8) is 0 Å². The minimum Gasteiger partial charge on any atom is -0.368 e. The molecule has 92 valence electrons. The van der Waals surface area contributed by atoms with Crippen molar-refractivity contribution in [2.75, 3.05) is 18.0 Å². The molecule has 0 saturated carbocycles. The van der Waals surface area contributed by atoms with Crippen LogP contribution in [0.15, 0.2) is 24.7 Å². The molecule has 2 atom stereocenters. The van der Waals surface area contributed by atoms with Crippen molar-refractivity contribution in [3.05, 3.63) is 30.4 Å². The highest BCUT2D eigenvalue weighted by molar-refractivity contribution is 5.32. The first-order valence-corrected chi connectivity index (χ1v) is 5.94. The van der Waals surface area contributed by atoms with E-state index in [1.54, 1.807) is 18.6 Å². The Balaban J connectivity index is 1.64. The summed E-state index contributed by atoms with van der Waals surface area (Å²) in [5, 5.41) is 8.09. The van der Waals surface area contributed by atoms with E-state index in [1.165, 1.54) is 0 Å². The number of ether oxygens (including phenoxy) is 1. The van der Waals surface area contributed by atoms with E-state index in [0.717, 1.165) is 24.7 Å². The minimum atomic E-state index is 0.142. The molecule has 0 spiro atoms. The number of nitrogens with zero attached hydrogens (tertiary/aromatic N) is 6. The van der Waals surface area contributed by atoms with E-state index in [0.29, 0.717) is 6.61 Å². The summed E-state index contributed by atoms with van der Waals surface area (Å²) < 4.78 is 7.81. The Hall–Kier alpha value is -2.02. The zero-order valence-electron chi connectivity index (χ0n) is 9.68. The number of hydrogen-bond donors (Lipinski definition) is 0. The van der Waals surface area contributed by atoms with Crippen molar-refractivity contribution in [1.29, 1.82) is 0 Å². The van der Waals surface area contributed by atoms with Gasteiger partial charge in [-0.2, -0.15) is 0 Å². The lowest BCUT2D eigenvalue weighted by Crippen LogP contribution is -2.32. The number of anilines is 1. The van der Waals surface area contributed by atoms with E-state index in [-0.39, 0.29) is 12.1 Å². The maximum Gasteiger partial charge on any atom is 0.225 e. The van der Waals surface area contributed by atoms with Crippen LogP contribution in [0, 0.1) is 0 Å². The van der Waals surface area contributed by atoms with Gasteiger partial charge in [0.1, 0.15) is 0 Å². The smallest absolute Gasteiger partial charge is 0.225 e. The zero-order valence-corrected chi connectivity index (χ0v) is 9.68. The van der Waals surface area contributed by atoms with Crippen LogP contribution in [0.4, 0.5) is 5.95 Å². The van der Waals surface area contributed by atoms with E-state index < -0.39 is 0 Å². The highest BCUT2D eigenvalue weighted by Gasteiger charge is 2.40. The Kier molecular flexibility index (Phi) is 2.07. The molecule has 18 heavy (non-hydrogen) atoms. The molecule has 0 radical (unpaired) electrons. The lowest BCUT2D eigenvalue weighted by molar-refractivity contribution is -0.00255. The third-order valence-corrected chi connectivity index (χ3v) is 3.48. The topological polar surface area (TPSA) is 69.0 Å². The number of hydrogen-bond acceptors (Lipinski definition) is 6. The van der Waals surface area contributed by atoms with Crippen molar-refractivity contribution < 1.29 is 4.74 Å². The lowest BCUT2D eigenvalue weighted by atomic mass is 10.2. The monoisotopic (exact) mass is 244 g/mol. The van der Waals surface area contributed by atoms with Gasteiger partial charge in [-0.3, -0.25) is 0 Å². The zero-order chi connectivity index (χ0) is 11.9. The Bertz CT molecular complexity index is 556. The van der Waals surface area contributed by atoms with Gasteiger partial charge in [0.05, 0.1) is 30.6 Å². The van der Waals surface area contributed by atoms with Crippen molar-refractivity contribution >= 4 is 5.95 Å². The van der Waals surface area contributed by atoms with Crippen LogP contribution in [0.5, 0.6) is 0 Å². The molecule has 2 aliphatic heterocycles. The fourth-order valence-corrected chi connectivity index (χ4v) is 2.61. The van der Waals surface area contributed by atoms with Crippen molar-refractivity contribution in [1.82, 2.24) is 25.0 Å². The highest BCUT2D eigenvalue weighted by Crippen LogP contribution is 2.31. The largest absolute Gasteiger partial charge is 0.368 e. The van der Waals surface area contributed by atoms with Gasteiger partial charge >= 0.3 is 0 Å². The second-order valence-corrected chi connectivity index (χ2v) is 4.54. The summed E-state index contributed by atoms with van der Waals surface area (Å²) in [5.41, 5.74) is 1.03. The molecule has 0 aliphatic carbocycles. The Morgan fingerprint density at radius 2 is 2.11 bits per heavy atom. The molecule has 4 rings (SSSR count). The van der Waals surface area contributed by atoms with Gasteiger partial charge in [0.15, 0.2) is 0 Å². The Labute approximate surface area is 103 Å². The first-order chi connectivity index (χ1) is 8.92. The Morgan fingerprint density at radius 1 is 1.22 bits per heavy atom. The fourth-order valence-electron chi connectivity index (χ4n) is 2.61. The average molecular weight is 244 g/mol. The van der Waals surface area contributed by atoms with Gasteiger partial charge in [-0.25, -0.2) is 14.6 Å². The molecule has 2 aliphatic rings. The molecule has 0 amide bonds. The summed E-state index contributed by atoms with van der Waals surface area (Å²) in [6, 6.07) is 2.03. The van der Waals surface area contributed by atoms with Crippen LogP contribution in [0.3, 0.4) is 0 Å². The molecular formula is C11H12N6O. The molecule has 7 nitrogen and oxygen atoms in total. The van der Waals surface area contributed by atoms with E-state index in [2.05, 4.69) is 25.2 Å². The van der Waals surface area contributed by atoms with Gasteiger partial charge in [-0.1, -0.05) is 5.21 Å². The third kappa shape index (κ3) is 1.40. The molecule has 0 N–H and O–H groups in total. The molecule has 4 heterocycles. The first-order valence-electron chi connectivity index (χ1n) is 5.94. The second kappa shape index (κ2) is 3.74. The van der Waals surface area contributed by atoms with Gasteiger partial charge < -0.3 is 9.64 Å². The predicted molar refractivity (Wildman–Crippen MR) is 61.9 cm³/mol. The summed E-state index contributed by atoms with van der Waals surface area (Å²) in [6.45, 7) is 2.19. The minimum absolute atomic E-state index is 0.142. The van der Waals surface area contributed by atoms with Crippen LogP contribution in [0.25, 0.3) is 0 Å². The standard InChI is InChI=1S/C11H12N6O/c1-2-12-11(13-3-1)16-5-9-10(6-16)18-7-8-4-14-15-17(8)9/h1-4,9-10H,5-7H2/t9-,10-/m0/s1. The van der Waals surface area contributed by atoms with E-state index in [9.17, 15) is 0 Å². The number of rotatable bonds is 1. The molecule has 0 bridgehead atoms. The molecule has 1 saturated heterocycles. The van der Waals surface area contributed by atoms with Gasteiger partial charge in [-0.05, 0) is 6.07 Å². The number of fused-ring (bicyclic) bond motifs is 3. The third-order valence-electron chi connectivity index (χ3n) is 3.48. The molecule has 1 fully saturated rings. The molecule has 0 unspecified atom stereocenters. The van der Waals surface area contributed by atoms with Crippen LogP contribution in [-0.2, 0) is 11.3 Å². The molecular weight excluding hydrogens is 232 g/mol. The maximum atomic E-state index is 5.84. The predicted octanol–water partition coefficient (Wildman–Crippen LogP) is 0.0282. The van der Waals surface area contributed by atoms with Crippen molar-refractivity contribution in [3.8, 4) is 0 Å². The van der Waals surface area contributed by atoms with Gasteiger partial charge in [0, 0.05) is 25.5 Å². The van der Waals surface area contributed by atoms with E-state index >= 15 is 0 Å². The maximum absolute atomic E-state index is 5.84. The fraction of sp³-hybridized carbons (Fsp3) is 0.455. The van der Waals surface area contributed by atoms with Crippen LogP contribution >= 0.6 is 0 Å². The van der Waals surface area contributed by atoms with Crippen molar-refractivity contribution in [2.45, 2.75) is 18.8 Å². The molecule has 0 aromatic carbocycles. The van der Waals surface area contributed by atoms with Gasteiger partial charge in [0.2, 0.25) is 5.95 Å². The second-order valence-electron chi connectivity index (χ2n) is 4.54.